The van der Waals surface area contributed by atoms with Gasteiger partial charge < -0.3 is 14.2 Å². The maximum absolute atomic E-state index is 5.90. The molecule has 1 aliphatic rings. The van der Waals surface area contributed by atoms with E-state index in [9.17, 15) is 0 Å². The van der Waals surface area contributed by atoms with Crippen LogP contribution in [-0.2, 0) is 19.6 Å². The van der Waals surface area contributed by atoms with Crippen LogP contribution in [0.15, 0.2) is 28.9 Å². The normalized spacial score (nSPS) is 14.3. The lowest BCUT2D eigenvalue weighted by molar-refractivity contribution is 0.277. The zero-order valence-corrected chi connectivity index (χ0v) is 15.2. The molecule has 0 unspecified atom stereocenters. The number of pyridine rings is 1. The number of hydrogen-bond donors (Lipinski definition) is 0. The Labute approximate surface area is 152 Å². The van der Waals surface area contributed by atoms with Gasteiger partial charge >= 0.3 is 0 Å². The summed E-state index contributed by atoms with van der Waals surface area (Å²) >= 11 is 0. The number of nitrogens with zero attached hydrogens (tertiary/aromatic N) is 5. The SMILES string of the molecule is Cc1ccc(-c2noc(C)c2COc2cc3c(nn2)CN(C)CC3)cn1. The van der Waals surface area contributed by atoms with Crippen LogP contribution in [0.3, 0.4) is 0 Å². The fourth-order valence-corrected chi connectivity index (χ4v) is 3.04. The second kappa shape index (κ2) is 6.84. The van der Waals surface area contributed by atoms with Gasteiger partial charge in [0.05, 0.1) is 11.3 Å². The van der Waals surface area contributed by atoms with Crippen molar-refractivity contribution in [3.8, 4) is 17.1 Å². The van der Waals surface area contributed by atoms with Crippen LogP contribution in [0.4, 0.5) is 0 Å². The van der Waals surface area contributed by atoms with E-state index in [-0.39, 0.29) is 0 Å². The quantitative estimate of drug-likeness (QED) is 0.715. The predicted octanol–water partition coefficient (Wildman–Crippen LogP) is 2.71. The largest absolute Gasteiger partial charge is 0.471 e. The lowest BCUT2D eigenvalue weighted by Gasteiger charge is -2.23. The van der Waals surface area contributed by atoms with Gasteiger partial charge in [-0.25, -0.2) is 0 Å². The maximum Gasteiger partial charge on any atom is 0.234 e. The Morgan fingerprint density at radius 1 is 1.23 bits per heavy atom. The van der Waals surface area contributed by atoms with Gasteiger partial charge in [0, 0.05) is 36.6 Å². The summed E-state index contributed by atoms with van der Waals surface area (Å²) in [5.74, 6) is 1.26. The van der Waals surface area contributed by atoms with E-state index in [4.69, 9.17) is 9.26 Å². The third-order valence-corrected chi connectivity index (χ3v) is 4.65. The zero-order chi connectivity index (χ0) is 18.1. The van der Waals surface area contributed by atoms with E-state index in [1.807, 2.05) is 32.0 Å². The van der Waals surface area contributed by atoms with Crippen LogP contribution in [0.25, 0.3) is 11.3 Å². The lowest BCUT2D eigenvalue weighted by atomic mass is 10.1. The summed E-state index contributed by atoms with van der Waals surface area (Å²) in [6.45, 7) is 6.01. The van der Waals surface area contributed by atoms with Crippen molar-refractivity contribution in [3.05, 3.63) is 52.7 Å². The molecule has 4 rings (SSSR count). The van der Waals surface area contributed by atoms with Crippen molar-refractivity contribution in [1.29, 1.82) is 0 Å². The van der Waals surface area contributed by atoms with Gasteiger partial charge in [-0.2, -0.15) is 5.10 Å². The number of ether oxygens (including phenoxy) is 1. The van der Waals surface area contributed by atoms with E-state index in [2.05, 4.69) is 32.3 Å². The highest BCUT2D eigenvalue weighted by Crippen LogP contribution is 2.26. The Balaban J connectivity index is 1.54. The molecule has 4 heterocycles. The Hall–Kier alpha value is -2.80. The summed E-state index contributed by atoms with van der Waals surface area (Å²) in [6, 6.07) is 5.93. The number of rotatable bonds is 4. The van der Waals surface area contributed by atoms with E-state index >= 15 is 0 Å². The summed E-state index contributed by atoms with van der Waals surface area (Å²) in [6.07, 6.45) is 2.76. The second-order valence-corrected chi connectivity index (χ2v) is 6.69. The fourth-order valence-electron chi connectivity index (χ4n) is 3.04. The molecule has 0 aliphatic carbocycles. The summed E-state index contributed by atoms with van der Waals surface area (Å²) in [4.78, 5) is 6.57. The van der Waals surface area contributed by atoms with Crippen molar-refractivity contribution < 1.29 is 9.26 Å². The first-order chi connectivity index (χ1) is 12.6. The van der Waals surface area contributed by atoms with Crippen LogP contribution in [-0.4, -0.2) is 38.8 Å². The third-order valence-electron chi connectivity index (χ3n) is 4.65. The number of hydrogen-bond acceptors (Lipinski definition) is 7. The highest BCUT2D eigenvalue weighted by atomic mass is 16.5. The Morgan fingerprint density at radius 3 is 2.92 bits per heavy atom. The lowest BCUT2D eigenvalue weighted by Crippen LogP contribution is -2.27. The molecule has 0 radical (unpaired) electrons. The zero-order valence-electron chi connectivity index (χ0n) is 15.2. The van der Waals surface area contributed by atoms with Crippen molar-refractivity contribution >= 4 is 0 Å². The van der Waals surface area contributed by atoms with Gasteiger partial charge in [-0.1, -0.05) is 5.16 Å². The molecule has 7 heteroatoms. The molecule has 0 aromatic carbocycles. The average molecular weight is 351 g/mol. The molecule has 0 amide bonds. The second-order valence-electron chi connectivity index (χ2n) is 6.69. The van der Waals surface area contributed by atoms with Crippen LogP contribution in [0, 0.1) is 13.8 Å². The van der Waals surface area contributed by atoms with Crippen molar-refractivity contribution in [1.82, 2.24) is 25.2 Å². The Morgan fingerprint density at radius 2 is 2.12 bits per heavy atom. The van der Waals surface area contributed by atoms with E-state index in [0.29, 0.717) is 12.5 Å². The molecule has 0 bridgehead atoms. The molecule has 0 saturated carbocycles. The van der Waals surface area contributed by atoms with Gasteiger partial charge in [-0.15, -0.1) is 5.10 Å². The van der Waals surface area contributed by atoms with E-state index in [1.165, 1.54) is 5.56 Å². The smallest absolute Gasteiger partial charge is 0.234 e. The summed E-state index contributed by atoms with van der Waals surface area (Å²) < 4.78 is 11.3. The van der Waals surface area contributed by atoms with E-state index in [1.54, 1.807) is 6.20 Å². The standard InChI is InChI=1S/C19H21N5O2/c1-12-4-5-15(9-20-12)19-16(13(2)26-23-19)11-25-18-8-14-6-7-24(3)10-17(14)21-22-18/h4-5,8-9H,6-7,10-11H2,1-3H3. The predicted molar refractivity (Wildman–Crippen MR) is 95.6 cm³/mol. The van der Waals surface area contributed by atoms with Gasteiger partial charge in [-0.05, 0) is 45.0 Å². The van der Waals surface area contributed by atoms with Crippen molar-refractivity contribution in [2.45, 2.75) is 33.4 Å². The molecule has 1 aliphatic heterocycles. The van der Waals surface area contributed by atoms with Crippen LogP contribution in [0.2, 0.25) is 0 Å². The van der Waals surface area contributed by atoms with E-state index in [0.717, 1.165) is 53.5 Å². The molecule has 3 aromatic heterocycles. The fraction of sp³-hybridized carbons (Fsp3) is 0.368. The molecule has 0 fully saturated rings. The minimum Gasteiger partial charge on any atom is -0.471 e. The molecule has 134 valence electrons. The van der Waals surface area contributed by atoms with Gasteiger partial charge in [-0.3, -0.25) is 4.98 Å². The molecule has 3 aromatic rings. The molecule has 26 heavy (non-hydrogen) atoms. The number of likely N-dealkylation sites (N-methyl/N-ethyl adjacent to an activating group) is 1. The van der Waals surface area contributed by atoms with Crippen LogP contribution >= 0.6 is 0 Å². The van der Waals surface area contributed by atoms with Gasteiger partial charge in [0.25, 0.3) is 0 Å². The summed E-state index contributed by atoms with van der Waals surface area (Å²) in [5, 5.41) is 12.7. The molecular weight excluding hydrogens is 330 g/mol. The summed E-state index contributed by atoms with van der Waals surface area (Å²) in [7, 11) is 2.09. The minimum absolute atomic E-state index is 0.325. The molecule has 7 nitrogen and oxygen atoms in total. The van der Waals surface area contributed by atoms with Gasteiger partial charge in [0.1, 0.15) is 18.1 Å². The van der Waals surface area contributed by atoms with Crippen molar-refractivity contribution in [3.63, 3.8) is 0 Å². The van der Waals surface area contributed by atoms with Gasteiger partial charge in [0.2, 0.25) is 5.88 Å². The monoisotopic (exact) mass is 351 g/mol. The molecule has 0 N–H and O–H groups in total. The Bertz CT molecular complexity index is 920. The minimum atomic E-state index is 0.325. The molecule has 0 atom stereocenters. The third kappa shape index (κ3) is 3.30. The first kappa shape index (κ1) is 16.7. The highest BCUT2D eigenvalue weighted by molar-refractivity contribution is 5.62. The number of aromatic nitrogens is 4. The highest BCUT2D eigenvalue weighted by Gasteiger charge is 2.18. The number of aryl methyl sites for hydroxylation is 2. The van der Waals surface area contributed by atoms with Crippen LogP contribution < -0.4 is 4.74 Å². The Kier molecular flexibility index (Phi) is 4.38. The van der Waals surface area contributed by atoms with Crippen LogP contribution in [0.1, 0.15) is 28.3 Å². The van der Waals surface area contributed by atoms with Gasteiger partial charge in [0.15, 0.2) is 0 Å². The van der Waals surface area contributed by atoms with Crippen molar-refractivity contribution in [2.24, 2.45) is 0 Å². The topological polar surface area (TPSA) is 77.2 Å². The molecule has 0 saturated heterocycles. The first-order valence-corrected chi connectivity index (χ1v) is 8.65. The van der Waals surface area contributed by atoms with Crippen molar-refractivity contribution in [2.75, 3.05) is 13.6 Å². The summed E-state index contributed by atoms with van der Waals surface area (Å²) in [5.41, 5.74) is 5.75. The maximum atomic E-state index is 5.90. The van der Waals surface area contributed by atoms with Crippen LogP contribution in [0.5, 0.6) is 5.88 Å². The molecule has 0 spiro atoms. The first-order valence-electron chi connectivity index (χ1n) is 8.65. The van der Waals surface area contributed by atoms with E-state index < -0.39 is 0 Å². The average Bonchev–Trinajstić information content (AvgIpc) is 3.01. The molecular formula is C19H21N5O2. The number of fused-ring (bicyclic) bond motifs is 1.